The summed E-state index contributed by atoms with van der Waals surface area (Å²) < 4.78 is 0. The summed E-state index contributed by atoms with van der Waals surface area (Å²) in [5.74, 6) is -1.02. The molecule has 1 amide bonds. The number of carbonyl (C=O) groups excluding carboxylic acids is 1. The van der Waals surface area contributed by atoms with Crippen LogP contribution in [-0.4, -0.2) is 23.5 Å². The molecule has 0 atom stereocenters. The highest BCUT2D eigenvalue weighted by molar-refractivity contribution is 5.93. The van der Waals surface area contributed by atoms with Crippen LogP contribution in [0.4, 0.5) is 5.69 Å². The molecular formula is C14H20N2O3. The highest BCUT2D eigenvalue weighted by Gasteiger charge is 2.08. The van der Waals surface area contributed by atoms with Gasteiger partial charge in [-0.1, -0.05) is 6.42 Å². The number of carboxylic acid groups (broad SMARTS) is 1. The van der Waals surface area contributed by atoms with Gasteiger partial charge in [0.05, 0.1) is 5.56 Å². The predicted octanol–water partition coefficient (Wildman–Crippen LogP) is 2.15. The van der Waals surface area contributed by atoms with Crippen LogP contribution in [0.25, 0.3) is 0 Å². The maximum Gasteiger partial charge on any atom is 0.335 e. The van der Waals surface area contributed by atoms with E-state index in [9.17, 15) is 9.59 Å². The molecule has 0 spiro atoms. The minimum Gasteiger partial charge on any atom is -0.478 e. The van der Waals surface area contributed by atoms with Gasteiger partial charge in [-0.25, -0.2) is 4.79 Å². The van der Waals surface area contributed by atoms with Gasteiger partial charge in [-0.3, -0.25) is 4.79 Å². The first kappa shape index (κ1) is 15.2. The van der Waals surface area contributed by atoms with E-state index in [1.165, 1.54) is 6.07 Å². The number of hydrogen-bond donors (Lipinski definition) is 3. The van der Waals surface area contributed by atoms with Crippen LogP contribution in [0.2, 0.25) is 0 Å². The van der Waals surface area contributed by atoms with Gasteiger partial charge in [0, 0.05) is 12.1 Å². The van der Waals surface area contributed by atoms with Crippen molar-refractivity contribution in [2.75, 3.05) is 11.9 Å². The second kappa shape index (κ2) is 7.53. The summed E-state index contributed by atoms with van der Waals surface area (Å²) in [4.78, 5) is 22.5. The number of carbonyl (C=O) groups is 2. The maximum atomic E-state index is 11.6. The van der Waals surface area contributed by atoms with E-state index in [2.05, 4.69) is 5.32 Å². The third-order valence-electron chi connectivity index (χ3n) is 2.85. The number of hydrogen-bond acceptors (Lipinski definition) is 3. The Labute approximate surface area is 112 Å². The quantitative estimate of drug-likeness (QED) is 0.658. The predicted molar refractivity (Wildman–Crippen MR) is 74.3 cm³/mol. The lowest BCUT2D eigenvalue weighted by Crippen LogP contribution is -2.12. The lowest BCUT2D eigenvalue weighted by molar-refractivity contribution is -0.116. The molecule has 1 aromatic rings. The molecule has 0 bridgehead atoms. The highest BCUT2D eigenvalue weighted by atomic mass is 16.4. The first-order chi connectivity index (χ1) is 9.04. The van der Waals surface area contributed by atoms with Crippen LogP contribution < -0.4 is 11.1 Å². The number of nitrogens with two attached hydrogens (primary N) is 1. The summed E-state index contributed by atoms with van der Waals surface area (Å²) in [6.45, 7) is 2.36. The lowest BCUT2D eigenvalue weighted by Gasteiger charge is -2.07. The fraction of sp³-hybridized carbons (Fsp3) is 0.429. The van der Waals surface area contributed by atoms with E-state index in [0.717, 1.165) is 19.3 Å². The number of anilines is 1. The average Bonchev–Trinajstić information content (AvgIpc) is 2.34. The van der Waals surface area contributed by atoms with Crippen LogP contribution in [0.15, 0.2) is 18.2 Å². The molecule has 0 saturated heterocycles. The van der Waals surface area contributed by atoms with Crippen molar-refractivity contribution >= 4 is 17.6 Å². The zero-order valence-electron chi connectivity index (χ0n) is 11.1. The summed E-state index contributed by atoms with van der Waals surface area (Å²) >= 11 is 0. The van der Waals surface area contributed by atoms with Crippen LogP contribution in [-0.2, 0) is 4.79 Å². The molecule has 0 radical (unpaired) electrons. The molecule has 1 rings (SSSR count). The molecule has 0 aromatic heterocycles. The highest BCUT2D eigenvalue weighted by Crippen LogP contribution is 2.15. The van der Waals surface area contributed by atoms with Gasteiger partial charge < -0.3 is 16.2 Å². The molecule has 0 aliphatic heterocycles. The molecule has 0 fully saturated rings. The van der Waals surface area contributed by atoms with Gasteiger partial charge in [0.2, 0.25) is 5.91 Å². The zero-order chi connectivity index (χ0) is 14.3. The van der Waals surface area contributed by atoms with E-state index in [0.29, 0.717) is 24.2 Å². The summed E-state index contributed by atoms with van der Waals surface area (Å²) in [7, 11) is 0. The standard InChI is InChI=1S/C14H20N2O3/c1-10-9-11(6-7-12(10)14(18)19)16-13(17)5-3-2-4-8-15/h6-7,9H,2-5,8,15H2,1H3,(H,16,17)(H,18,19). The second-order valence-corrected chi connectivity index (χ2v) is 4.48. The van der Waals surface area contributed by atoms with Crippen molar-refractivity contribution in [3.05, 3.63) is 29.3 Å². The fourth-order valence-electron chi connectivity index (χ4n) is 1.81. The number of carboxylic acids is 1. The van der Waals surface area contributed by atoms with E-state index < -0.39 is 5.97 Å². The summed E-state index contributed by atoms with van der Waals surface area (Å²) in [5.41, 5.74) is 6.89. The Kier molecular flexibility index (Phi) is 6.02. The Hall–Kier alpha value is -1.88. The van der Waals surface area contributed by atoms with Gasteiger partial charge in [-0.05, 0) is 50.1 Å². The Balaban J connectivity index is 2.51. The Morgan fingerprint density at radius 2 is 2.00 bits per heavy atom. The SMILES string of the molecule is Cc1cc(NC(=O)CCCCCN)ccc1C(=O)O. The number of rotatable bonds is 7. The van der Waals surface area contributed by atoms with Gasteiger partial charge in [0.25, 0.3) is 0 Å². The van der Waals surface area contributed by atoms with Crippen LogP contribution in [0.3, 0.4) is 0 Å². The molecule has 5 heteroatoms. The van der Waals surface area contributed by atoms with Crippen molar-refractivity contribution in [3.8, 4) is 0 Å². The Morgan fingerprint density at radius 1 is 1.26 bits per heavy atom. The Bertz CT molecular complexity index is 458. The molecule has 0 aliphatic carbocycles. The monoisotopic (exact) mass is 264 g/mol. The number of benzene rings is 1. The molecular weight excluding hydrogens is 244 g/mol. The van der Waals surface area contributed by atoms with Crippen LogP contribution >= 0.6 is 0 Å². The van der Waals surface area contributed by atoms with Crippen LogP contribution in [0, 0.1) is 6.92 Å². The zero-order valence-corrected chi connectivity index (χ0v) is 11.1. The normalized spacial score (nSPS) is 10.2. The number of nitrogens with one attached hydrogen (secondary N) is 1. The average molecular weight is 264 g/mol. The lowest BCUT2D eigenvalue weighted by atomic mass is 10.1. The number of aromatic carboxylic acids is 1. The van der Waals surface area contributed by atoms with Crippen LogP contribution in [0.1, 0.15) is 41.6 Å². The van der Waals surface area contributed by atoms with E-state index in [1.54, 1.807) is 19.1 Å². The molecule has 4 N–H and O–H groups in total. The molecule has 1 aromatic carbocycles. The molecule has 19 heavy (non-hydrogen) atoms. The third kappa shape index (κ3) is 5.09. The first-order valence-corrected chi connectivity index (χ1v) is 6.38. The maximum absolute atomic E-state index is 11.6. The van der Waals surface area contributed by atoms with Crippen molar-refractivity contribution < 1.29 is 14.7 Å². The minimum atomic E-state index is -0.961. The van der Waals surface area contributed by atoms with Crippen molar-refractivity contribution in [2.24, 2.45) is 5.73 Å². The van der Waals surface area contributed by atoms with E-state index >= 15 is 0 Å². The summed E-state index contributed by atoms with van der Waals surface area (Å²) in [6.07, 6.45) is 3.15. The fourth-order valence-corrected chi connectivity index (χ4v) is 1.81. The van der Waals surface area contributed by atoms with Crippen molar-refractivity contribution in [1.82, 2.24) is 0 Å². The first-order valence-electron chi connectivity index (χ1n) is 6.38. The molecule has 0 saturated carbocycles. The molecule has 0 aliphatic rings. The number of amides is 1. The summed E-state index contributed by atoms with van der Waals surface area (Å²) in [5, 5.41) is 11.7. The Morgan fingerprint density at radius 3 is 2.58 bits per heavy atom. The summed E-state index contributed by atoms with van der Waals surface area (Å²) in [6, 6.07) is 4.77. The minimum absolute atomic E-state index is 0.0560. The van der Waals surface area contributed by atoms with Crippen molar-refractivity contribution in [2.45, 2.75) is 32.6 Å². The van der Waals surface area contributed by atoms with Crippen molar-refractivity contribution in [3.63, 3.8) is 0 Å². The second-order valence-electron chi connectivity index (χ2n) is 4.48. The van der Waals surface area contributed by atoms with Crippen LogP contribution in [0.5, 0.6) is 0 Å². The van der Waals surface area contributed by atoms with E-state index in [4.69, 9.17) is 10.8 Å². The van der Waals surface area contributed by atoms with Gasteiger partial charge in [0.1, 0.15) is 0 Å². The van der Waals surface area contributed by atoms with E-state index in [1.807, 2.05) is 0 Å². The van der Waals surface area contributed by atoms with Gasteiger partial charge in [-0.15, -0.1) is 0 Å². The van der Waals surface area contributed by atoms with Gasteiger partial charge in [-0.2, -0.15) is 0 Å². The van der Waals surface area contributed by atoms with Gasteiger partial charge >= 0.3 is 5.97 Å². The van der Waals surface area contributed by atoms with Gasteiger partial charge in [0.15, 0.2) is 0 Å². The number of aryl methyl sites for hydroxylation is 1. The molecule has 5 nitrogen and oxygen atoms in total. The molecule has 104 valence electrons. The number of unbranched alkanes of at least 4 members (excludes halogenated alkanes) is 2. The third-order valence-corrected chi connectivity index (χ3v) is 2.85. The van der Waals surface area contributed by atoms with Crippen molar-refractivity contribution in [1.29, 1.82) is 0 Å². The topological polar surface area (TPSA) is 92.4 Å². The molecule has 0 heterocycles. The smallest absolute Gasteiger partial charge is 0.335 e. The molecule has 0 unspecified atom stereocenters. The van der Waals surface area contributed by atoms with E-state index in [-0.39, 0.29) is 11.5 Å². The largest absolute Gasteiger partial charge is 0.478 e.